The van der Waals surface area contributed by atoms with Gasteiger partial charge in [0.1, 0.15) is 12.1 Å². The number of likely N-dealkylation sites (tertiary alicyclic amines) is 1. The van der Waals surface area contributed by atoms with E-state index in [2.05, 4.69) is 34.0 Å². The van der Waals surface area contributed by atoms with E-state index in [1.807, 2.05) is 23.2 Å². The fourth-order valence-corrected chi connectivity index (χ4v) is 3.88. The number of piperidine rings is 1. The lowest BCUT2D eigenvalue weighted by Gasteiger charge is -2.32. The number of amides is 1. The molecule has 4 rings (SSSR count). The topological polar surface area (TPSA) is 85.0 Å². The Morgan fingerprint density at radius 3 is 2.90 bits per heavy atom. The van der Waals surface area contributed by atoms with Gasteiger partial charge in [-0.25, -0.2) is 9.97 Å². The third-order valence-corrected chi connectivity index (χ3v) is 5.22. The Morgan fingerprint density at radius 2 is 2.10 bits per heavy atom. The monoisotopic (exact) mass is 391 g/mol. The molecule has 1 fully saturated rings. The maximum atomic E-state index is 13.0. The van der Waals surface area contributed by atoms with Gasteiger partial charge in [-0.15, -0.1) is 0 Å². The largest absolute Gasteiger partial charge is 0.361 e. The Morgan fingerprint density at radius 1 is 1.28 bits per heavy atom. The van der Waals surface area contributed by atoms with Crippen LogP contribution in [0.2, 0.25) is 0 Å². The predicted molar refractivity (Wildman–Crippen MR) is 108 cm³/mol. The van der Waals surface area contributed by atoms with Crippen molar-refractivity contribution in [3.05, 3.63) is 60.3 Å². The molecule has 0 spiro atoms. The van der Waals surface area contributed by atoms with Crippen LogP contribution in [-0.4, -0.2) is 44.0 Å². The average Bonchev–Trinajstić information content (AvgIpc) is 3.21. The molecule has 0 saturated carbocycles. The molecule has 0 bridgehead atoms. The van der Waals surface area contributed by atoms with Crippen LogP contribution in [0.3, 0.4) is 0 Å². The lowest BCUT2D eigenvalue weighted by molar-refractivity contribution is 0.0695. The summed E-state index contributed by atoms with van der Waals surface area (Å²) < 4.78 is 5.35. The summed E-state index contributed by atoms with van der Waals surface area (Å²) >= 11 is 0. The summed E-state index contributed by atoms with van der Waals surface area (Å²) in [6, 6.07) is 5.69. The molecule has 1 aliphatic heterocycles. The number of rotatable bonds is 5. The minimum Gasteiger partial charge on any atom is -0.361 e. The van der Waals surface area contributed by atoms with E-state index in [1.54, 1.807) is 24.8 Å². The van der Waals surface area contributed by atoms with Gasteiger partial charge in [-0.05, 0) is 36.5 Å². The van der Waals surface area contributed by atoms with Crippen molar-refractivity contribution in [2.75, 3.05) is 13.1 Å². The van der Waals surface area contributed by atoms with Crippen LogP contribution in [0.5, 0.6) is 0 Å². The summed E-state index contributed by atoms with van der Waals surface area (Å²) in [5.74, 6) is 1.29. The smallest absolute Gasteiger partial charge is 0.276 e. The number of nitrogens with zero attached hydrogens (tertiary/aromatic N) is 5. The molecule has 1 saturated heterocycles. The molecule has 0 aromatic carbocycles. The third kappa shape index (κ3) is 4.34. The number of carbonyl (C=O) groups is 1. The molecule has 1 amide bonds. The molecule has 0 N–H and O–H groups in total. The summed E-state index contributed by atoms with van der Waals surface area (Å²) in [6.07, 6.45) is 9.64. The fourth-order valence-electron chi connectivity index (χ4n) is 3.88. The van der Waals surface area contributed by atoms with Gasteiger partial charge >= 0.3 is 0 Å². The van der Waals surface area contributed by atoms with E-state index in [4.69, 9.17) is 4.52 Å². The Labute approximate surface area is 170 Å². The van der Waals surface area contributed by atoms with Gasteiger partial charge < -0.3 is 9.42 Å². The van der Waals surface area contributed by atoms with Crippen LogP contribution in [0.25, 0.3) is 11.1 Å². The summed E-state index contributed by atoms with van der Waals surface area (Å²) in [5.41, 5.74) is 3.39. The molecule has 0 unspecified atom stereocenters. The molecule has 0 aliphatic carbocycles. The molecule has 4 heterocycles. The maximum Gasteiger partial charge on any atom is 0.276 e. The zero-order valence-electron chi connectivity index (χ0n) is 16.8. The molecule has 0 radical (unpaired) electrons. The molecule has 3 aromatic rings. The standard InChI is InChI=1S/C22H25N5O2/c1-15(2)10-18-11-20(26-29-18)22(28)27-9-3-4-17(13-27)21-19(12-24-14-25-21)16-5-7-23-8-6-16/h5-8,11-12,14-15,17H,3-4,9-10,13H2,1-2H3/t17-/m0/s1. The first kappa shape index (κ1) is 19.2. The molecule has 1 atom stereocenters. The van der Waals surface area contributed by atoms with Crippen molar-refractivity contribution >= 4 is 5.91 Å². The van der Waals surface area contributed by atoms with E-state index in [0.29, 0.717) is 18.2 Å². The second-order valence-corrected chi connectivity index (χ2v) is 7.92. The number of aromatic nitrogens is 4. The second kappa shape index (κ2) is 8.51. The van der Waals surface area contributed by atoms with Crippen LogP contribution in [0.1, 0.15) is 54.5 Å². The molecule has 150 valence electrons. The first-order chi connectivity index (χ1) is 14.1. The summed E-state index contributed by atoms with van der Waals surface area (Å²) in [7, 11) is 0. The van der Waals surface area contributed by atoms with E-state index < -0.39 is 0 Å². The lowest BCUT2D eigenvalue weighted by atomic mass is 9.90. The van der Waals surface area contributed by atoms with Crippen LogP contribution in [0.4, 0.5) is 0 Å². The molecular weight excluding hydrogens is 366 g/mol. The first-order valence-electron chi connectivity index (χ1n) is 10.1. The van der Waals surface area contributed by atoms with Crippen LogP contribution >= 0.6 is 0 Å². The van der Waals surface area contributed by atoms with Gasteiger partial charge in [0, 0.05) is 55.6 Å². The van der Waals surface area contributed by atoms with E-state index in [0.717, 1.165) is 48.4 Å². The van der Waals surface area contributed by atoms with Crippen LogP contribution in [0.15, 0.2) is 47.6 Å². The van der Waals surface area contributed by atoms with E-state index in [9.17, 15) is 4.79 Å². The zero-order valence-corrected chi connectivity index (χ0v) is 16.8. The first-order valence-corrected chi connectivity index (χ1v) is 10.1. The van der Waals surface area contributed by atoms with Crippen LogP contribution in [-0.2, 0) is 6.42 Å². The Kier molecular flexibility index (Phi) is 5.64. The van der Waals surface area contributed by atoms with Crippen molar-refractivity contribution in [3.63, 3.8) is 0 Å². The molecule has 7 heteroatoms. The lowest BCUT2D eigenvalue weighted by Crippen LogP contribution is -2.39. The van der Waals surface area contributed by atoms with Gasteiger partial charge in [0.05, 0.1) is 5.69 Å². The van der Waals surface area contributed by atoms with Gasteiger partial charge in [0.25, 0.3) is 5.91 Å². The van der Waals surface area contributed by atoms with Gasteiger partial charge in [-0.1, -0.05) is 19.0 Å². The highest BCUT2D eigenvalue weighted by molar-refractivity contribution is 5.92. The van der Waals surface area contributed by atoms with Gasteiger partial charge in [0.2, 0.25) is 0 Å². The average molecular weight is 391 g/mol. The molecular formula is C22H25N5O2. The highest BCUT2D eigenvalue weighted by atomic mass is 16.5. The number of carbonyl (C=O) groups excluding carboxylic acids is 1. The third-order valence-electron chi connectivity index (χ3n) is 5.22. The zero-order chi connectivity index (χ0) is 20.2. The van der Waals surface area contributed by atoms with Gasteiger partial charge in [-0.2, -0.15) is 0 Å². The van der Waals surface area contributed by atoms with Crippen molar-refractivity contribution in [2.24, 2.45) is 5.92 Å². The molecule has 29 heavy (non-hydrogen) atoms. The Balaban J connectivity index is 1.54. The summed E-state index contributed by atoms with van der Waals surface area (Å²) in [6.45, 7) is 5.56. The van der Waals surface area contributed by atoms with Crippen LogP contribution < -0.4 is 0 Å². The number of pyridine rings is 1. The van der Waals surface area contributed by atoms with E-state index >= 15 is 0 Å². The predicted octanol–water partition coefficient (Wildman–Crippen LogP) is 3.74. The highest BCUT2D eigenvalue weighted by Crippen LogP contribution is 2.32. The molecule has 1 aliphatic rings. The van der Waals surface area contributed by atoms with Crippen LogP contribution in [0, 0.1) is 5.92 Å². The normalized spacial score (nSPS) is 16.9. The maximum absolute atomic E-state index is 13.0. The number of hydrogen-bond donors (Lipinski definition) is 0. The number of hydrogen-bond acceptors (Lipinski definition) is 6. The van der Waals surface area contributed by atoms with Gasteiger partial charge in [-0.3, -0.25) is 9.78 Å². The van der Waals surface area contributed by atoms with Crippen molar-refractivity contribution in [1.82, 2.24) is 25.0 Å². The van der Waals surface area contributed by atoms with Gasteiger partial charge in [0.15, 0.2) is 5.69 Å². The summed E-state index contributed by atoms with van der Waals surface area (Å²) in [4.78, 5) is 27.7. The Hall–Kier alpha value is -3.09. The second-order valence-electron chi connectivity index (χ2n) is 7.92. The Bertz CT molecular complexity index is 970. The van der Waals surface area contributed by atoms with Crippen molar-refractivity contribution in [2.45, 2.75) is 39.0 Å². The fraction of sp³-hybridized carbons (Fsp3) is 0.409. The molecule has 7 nitrogen and oxygen atoms in total. The van der Waals surface area contributed by atoms with Crippen molar-refractivity contribution in [3.8, 4) is 11.1 Å². The quantitative estimate of drug-likeness (QED) is 0.659. The van der Waals surface area contributed by atoms with Crippen molar-refractivity contribution < 1.29 is 9.32 Å². The molecule has 3 aromatic heterocycles. The SMILES string of the molecule is CC(C)Cc1cc(C(=O)N2CCC[C@H](c3ncncc3-c3ccncc3)C2)no1. The minimum atomic E-state index is -0.0760. The van der Waals surface area contributed by atoms with Crippen molar-refractivity contribution in [1.29, 1.82) is 0 Å². The minimum absolute atomic E-state index is 0.0760. The van der Waals surface area contributed by atoms with E-state index in [1.165, 1.54) is 0 Å². The highest BCUT2D eigenvalue weighted by Gasteiger charge is 2.29. The van der Waals surface area contributed by atoms with E-state index in [-0.39, 0.29) is 11.8 Å². The summed E-state index contributed by atoms with van der Waals surface area (Å²) in [5, 5.41) is 4.01.